The Labute approximate surface area is 80.5 Å². The third-order valence-electron chi connectivity index (χ3n) is 2.38. The van der Waals surface area contributed by atoms with E-state index in [9.17, 15) is 0 Å². The Balaban J connectivity index is 2.09. The topological polar surface area (TPSA) is 26.0 Å². The van der Waals surface area contributed by atoms with Crippen LogP contribution in [0.15, 0.2) is 0 Å². The maximum Gasteiger partial charge on any atom is 0.00483 e. The second kappa shape index (κ2) is 5.13. The van der Waals surface area contributed by atoms with E-state index in [1.165, 1.54) is 31.4 Å². The van der Waals surface area contributed by atoms with E-state index in [1.807, 2.05) is 0 Å². The van der Waals surface area contributed by atoms with Gasteiger partial charge in [-0.3, -0.25) is 0 Å². The van der Waals surface area contributed by atoms with Crippen molar-refractivity contribution in [2.75, 3.05) is 5.75 Å². The van der Waals surface area contributed by atoms with E-state index in [1.54, 1.807) is 0 Å². The number of hydrogen-bond donors (Lipinski definition) is 1. The predicted octanol–water partition coefficient (Wildman–Crippen LogP) is 2.65. The highest BCUT2D eigenvalue weighted by Crippen LogP contribution is 2.28. The van der Waals surface area contributed by atoms with Gasteiger partial charge in [-0.1, -0.05) is 13.8 Å². The van der Waals surface area contributed by atoms with E-state index < -0.39 is 0 Å². The van der Waals surface area contributed by atoms with Crippen LogP contribution in [0.25, 0.3) is 0 Å². The monoisotopic (exact) mass is 187 g/mol. The molecule has 2 heteroatoms. The van der Waals surface area contributed by atoms with Gasteiger partial charge in [0.05, 0.1) is 0 Å². The Bertz CT molecular complexity index is 117. The van der Waals surface area contributed by atoms with E-state index in [0.29, 0.717) is 6.04 Å². The fourth-order valence-corrected chi connectivity index (χ4v) is 2.85. The lowest BCUT2D eigenvalue weighted by Crippen LogP contribution is -2.27. The Hall–Kier alpha value is 0.310. The SMILES string of the molecule is CC(C)CSC1CCC(N)CC1. The molecule has 72 valence electrons. The van der Waals surface area contributed by atoms with Crippen molar-refractivity contribution in [3.8, 4) is 0 Å². The van der Waals surface area contributed by atoms with Crippen LogP contribution in [-0.4, -0.2) is 17.0 Å². The van der Waals surface area contributed by atoms with Crippen molar-refractivity contribution in [2.45, 2.75) is 50.8 Å². The van der Waals surface area contributed by atoms with Gasteiger partial charge in [-0.15, -0.1) is 0 Å². The number of thioether (sulfide) groups is 1. The molecule has 0 atom stereocenters. The first-order chi connectivity index (χ1) is 5.68. The summed E-state index contributed by atoms with van der Waals surface area (Å²) in [4.78, 5) is 0. The van der Waals surface area contributed by atoms with E-state index >= 15 is 0 Å². The van der Waals surface area contributed by atoms with Gasteiger partial charge in [-0.05, 0) is 37.4 Å². The largest absolute Gasteiger partial charge is 0.328 e. The molecule has 0 bridgehead atoms. The van der Waals surface area contributed by atoms with Gasteiger partial charge in [0.15, 0.2) is 0 Å². The number of nitrogens with two attached hydrogens (primary N) is 1. The maximum absolute atomic E-state index is 5.84. The first-order valence-corrected chi connectivity index (χ1v) is 6.10. The molecule has 0 unspecified atom stereocenters. The molecule has 0 aliphatic heterocycles. The minimum atomic E-state index is 0.501. The van der Waals surface area contributed by atoms with Crippen molar-refractivity contribution >= 4 is 11.8 Å². The van der Waals surface area contributed by atoms with Gasteiger partial charge in [0.1, 0.15) is 0 Å². The van der Waals surface area contributed by atoms with Crippen LogP contribution in [-0.2, 0) is 0 Å². The standard InChI is InChI=1S/C10H21NS/c1-8(2)7-12-10-5-3-9(11)4-6-10/h8-10H,3-7,11H2,1-2H3. The Morgan fingerprint density at radius 1 is 1.25 bits per heavy atom. The third-order valence-corrected chi connectivity index (χ3v) is 4.19. The average molecular weight is 187 g/mol. The lowest BCUT2D eigenvalue weighted by atomic mass is 9.96. The van der Waals surface area contributed by atoms with E-state index in [2.05, 4.69) is 25.6 Å². The van der Waals surface area contributed by atoms with Crippen molar-refractivity contribution in [1.29, 1.82) is 0 Å². The van der Waals surface area contributed by atoms with Crippen molar-refractivity contribution in [2.24, 2.45) is 11.7 Å². The zero-order valence-corrected chi connectivity index (χ0v) is 9.07. The smallest absolute Gasteiger partial charge is 0.00483 e. The summed E-state index contributed by atoms with van der Waals surface area (Å²) in [6.45, 7) is 4.59. The molecule has 0 spiro atoms. The summed E-state index contributed by atoms with van der Waals surface area (Å²) in [6.07, 6.45) is 5.18. The fourth-order valence-electron chi connectivity index (χ4n) is 1.58. The molecule has 0 saturated heterocycles. The molecule has 12 heavy (non-hydrogen) atoms. The van der Waals surface area contributed by atoms with Gasteiger partial charge < -0.3 is 5.73 Å². The lowest BCUT2D eigenvalue weighted by molar-refractivity contribution is 0.450. The number of hydrogen-bond acceptors (Lipinski definition) is 2. The highest BCUT2D eigenvalue weighted by molar-refractivity contribution is 7.99. The molecule has 0 radical (unpaired) electrons. The summed E-state index contributed by atoms with van der Waals surface area (Å²) < 4.78 is 0. The summed E-state index contributed by atoms with van der Waals surface area (Å²) >= 11 is 2.15. The van der Waals surface area contributed by atoms with Gasteiger partial charge in [-0.2, -0.15) is 11.8 Å². The van der Waals surface area contributed by atoms with Crippen LogP contribution in [0.2, 0.25) is 0 Å². The molecule has 0 amide bonds. The van der Waals surface area contributed by atoms with Crippen LogP contribution in [0.1, 0.15) is 39.5 Å². The molecular formula is C10H21NS. The lowest BCUT2D eigenvalue weighted by Gasteiger charge is -2.25. The summed E-state index contributed by atoms with van der Waals surface area (Å²) in [7, 11) is 0. The van der Waals surface area contributed by atoms with Gasteiger partial charge in [0.25, 0.3) is 0 Å². The van der Waals surface area contributed by atoms with Crippen molar-refractivity contribution in [1.82, 2.24) is 0 Å². The molecule has 1 rings (SSSR count). The van der Waals surface area contributed by atoms with Gasteiger partial charge in [0.2, 0.25) is 0 Å². The maximum atomic E-state index is 5.84. The van der Waals surface area contributed by atoms with Crippen LogP contribution in [0.3, 0.4) is 0 Å². The molecule has 0 heterocycles. The second-order valence-electron chi connectivity index (χ2n) is 4.26. The minimum Gasteiger partial charge on any atom is -0.328 e. The van der Waals surface area contributed by atoms with Gasteiger partial charge in [-0.25, -0.2) is 0 Å². The summed E-state index contributed by atoms with van der Waals surface area (Å²) in [5.74, 6) is 2.16. The van der Waals surface area contributed by atoms with Crippen molar-refractivity contribution < 1.29 is 0 Å². The van der Waals surface area contributed by atoms with E-state index in [4.69, 9.17) is 5.73 Å². The quantitative estimate of drug-likeness (QED) is 0.735. The van der Waals surface area contributed by atoms with E-state index in [-0.39, 0.29) is 0 Å². The first kappa shape index (κ1) is 10.4. The summed E-state index contributed by atoms with van der Waals surface area (Å²) in [5.41, 5.74) is 5.84. The highest BCUT2D eigenvalue weighted by Gasteiger charge is 2.18. The third kappa shape index (κ3) is 3.81. The van der Waals surface area contributed by atoms with Crippen molar-refractivity contribution in [3.05, 3.63) is 0 Å². The molecule has 1 saturated carbocycles. The highest BCUT2D eigenvalue weighted by atomic mass is 32.2. The molecule has 1 aliphatic carbocycles. The molecule has 0 aromatic carbocycles. The van der Waals surface area contributed by atoms with Crippen LogP contribution in [0.5, 0.6) is 0 Å². The predicted molar refractivity (Wildman–Crippen MR) is 57.5 cm³/mol. The average Bonchev–Trinajstić information content (AvgIpc) is 2.03. The van der Waals surface area contributed by atoms with E-state index in [0.717, 1.165) is 11.2 Å². The van der Waals surface area contributed by atoms with Crippen molar-refractivity contribution in [3.63, 3.8) is 0 Å². The second-order valence-corrected chi connectivity index (χ2v) is 5.60. The van der Waals surface area contributed by atoms with Gasteiger partial charge >= 0.3 is 0 Å². The molecular weight excluding hydrogens is 166 g/mol. The normalized spacial score (nSPS) is 31.0. The summed E-state index contributed by atoms with van der Waals surface area (Å²) in [6, 6.07) is 0.501. The van der Waals surface area contributed by atoms with Crippen LogP contribution in [0.4, 0.5) is 0 Å². The molecule has 0 aromatic heterocycles. The zero-order valence-electron chi connectivity index (χ0n) is 8.25. The molecule has 1 aliphatic rings. The molecule has 0 aromatic rings. The summed E-state index contributed by atoms with van der Waals surface area (Å²) in [5, 5.41) is 0.909. The fraction of sp³-hybridized carbons (Fsp3) is 1.00. The van der Waals surface area contributed by atoms with Crippen LogP contribution < -0.4 is 5.73 Å². The zero-order chi connectivity index (χ0) is 8.97. The Morgan fingerprint density at radius 3 is 2.33 bits per heavy atom. The Kier molecular flexibility index (Phi) is 4.44. The van der Waals surface area contributed by atoms with Crippen LogP contribution >= 0.6 is 11.8 Å². The Morgan fingerprint density at radius 2 is 1.83 bits per heavy atom. The minimum absolute atomic E-state index is 0.501. The van der Waals surface area contributed by atoms with Gasteiger partial charge in [0, 0.05) is 11.3 Å². The molecule has 2 N–H and O–H groups in total. The van der Waals surface area contributed by atoms with Crippen LogP contribution in [0, 0.1) is 5.92 Å². The number of rotatable bonds is 3. The first-order valence-electron chi connectivity index (χ1n) is 5.05. The molecule has 1 fully saturated rings. The molecule has 1 nitrogen and oxygen atoms in total.